The van der Waals surface area contributed by atoms with Crippen molar-refractivity contribution in [1.82, 2.24) is 14.5 Å². The Labute approximate surface area is 295 Å². The maximum atomic E-state index is 6.24. The lowest BCUT2D eigenvalue weighted by Gasteiger charge is -2.17. The number of aryl methyl sites for hydroxylation is 1. The number of fused-ring (bicyclic) bond motifs is 16. The van der Waals surface area contributed by atoms with E-state index < -0.39 is 0 Å². The van der Waals surface area contributed by atoms with Crippen molar-refractivity contribution in [3.8, 4) is 17.2 Å². The largest absolute Gasteiger partial charge is 0.456 e. The lowest BCUT2D eigenvalue weighted by molar-refractivity contribution is 0.669. The standard InChI is InChI=1S/C46H27N3OS/c1-2-12-28-26(11-1)21-23-34-42(27-22-24-38-35(25-27)29-13-6-9-19-37(29)50-38)47-46(48-43(28)34)49-36-18-8-5-16-32(36)40-41-33-17-7-10-20-39(33)51-45(41)31-15-4-3-14-30(31)44(40)49/h1,3-11,13-25H,2,12H2. The molecule has 4 nitrogen and oxygen atoms in total. The number of furan rings is 1. The summed E-state index contributed by atoms with van der Waals surface area (Å²) < 4.78 is 11.2. The van der Waals surface area contributed by atoms with Gasteiger partial charge in [-0.15, -0.1) is 11.3 Å². The molecule has 0 atom stereocenters. The normalized spacial score (nSPS) is 13.3. The Kier molecular flexibility index (Phi) is 5.46. The molecule has 7 aromatic carbocycles. The SMILES string of the molecule is C1=Cc2ccc3c(-c4ccc5oc6ccccc6c5c4)nc(-n4c5ccccc5c5c6c7ccccc7sc6c6ccccc6c54)nc3c2CC1. The maximum absolute atomic E-state index is 6.24. The Balaban J connectivity index is 1.27. The molecule has 1 aliphatic rings. The van der Waals surface area contributed by atoms with Gasteiger partial charge in [0, 0.05) is 63.4 Å². The van der Waals surface area contributed by atoms with Crippen molar-refractivity contribution in [2.24, 2.45) is 0 Å². The molecule has 0 saturated heterocycles. The van der Waals surface area contributed by atoms with Crippen LogP contribution in [0.3, 0.4) is 0 Å². The van der Waals surface area contributed by atoms with Gasteiger partial charge in [0.1, 0.15) is 11.2 Å². The number of hydrogen-bond donors (Lipinski definition) is 0. The molecule has 0 N–H and O–H groups in total. The van der Waals surface area contributed by atoms with Crippen LogP contribution in [0.25, 0.3) is 109 Å². The smallest absolute Gasteiger partial charge is 0.235 e. The second-order valence-electron chi connectivity index (χ2n) is 13.6. The van der Waals surface area contributed by atoms with E-state index in [-0.39, 0.29) is 0 Å². The lowest BCUT2D eigenvalue weighted by atomic mass is 9.93. The van der Waals surface area contributed by atoms with Crippen LogP contribution in [0.1, 0.15) is 17.5 Å². The van der Waals surface area contributed by atoms with E-state index in [1.807, 2.05) is 23.5 Å². The molecule has 0 amide bonds. The molecule has 0 fully saturated rings. The van der Waals surface area contributed by atoms with Crippen molar-refractivity contribution in [3.05, 3.63) is 145 Å². The van der Waals surface area contributed by atoms with Gasteiger partial charge < -0.3 is 4.42 Å². The zero-order chi connectivity index (χ0) is 33.2. The first-order valence-electron chi connectivity index (χ1n) is 17.5. The Bertz CT molecular complexity index is 3320. The molecule has 0 aliphatic heterocycles. The molecular weight excluding hydrogens is 643 g/mol. The molecular formula is C46H27N3OS. The summed E-state index contributed by atoms with van der Waals surface area (Å²) in [7, 11) is 0. The zero-order valence-electron chi connectivity index (χ0n) is 27.4. The fourth-order valence-corrected chi connectivity index (χ4v) is 9.88. The van der Waals surface area contributed by atoms with Crippen molar-refractivity contribution in [2.45, 2.75) is 12.8 Å². The minimum Gasteiger partial charge on any atom is -0.456 e. The zero-order valence-corrected chi connectivity index (χ0v) is 28.2. The molecule has 5 heteroatoms. The second-order valence-corrected chi connectivity index (χ2v) is 14.6. The molecule has 0 unspecified atom stereocenters. The number of benzene rings is 7. The van der Waals surface area contributed by atoms with Crippen LogP contribution in [0.2, 0.25) is 0 Å². The first-order valence-corrected chi connectivity index (χ1v) is 18.3. The lowest BCUT2D eigenvalue weighted by Crippen LogP contribution is -2.06. The van der Waals surface area contributed by atoms with Crippen LogP contribution in [0, 0.1) is 0 Å². The predicted molar refractivity (Wildman–Crippen MR) is 214 cm³/mol. The molecule has 0 radical (unpaired) electrons. The number of rotatable bonds is 2. The van der Waals surface area contributed by atoms with Gasteiger partial charge in [-0.3, -0.25) is 4.57 Å². The molecule has 238 valence electrons. The molecule has 0 saturated carbocycles. The maximum Gasteiger partial charge on any atom is 0.235 e. The molecule has 0 spiro atoms. The molecule has 1 aliphatic carbocycles. The predicted octanol–water partition coefficient (Wildman–Crippen LogP) is 12.8. The Morgan fingerprint density at radius 2 is 1.37 bits per heavy atom. The number of para-hydroxylation sites is 2. The third-order valence-corrected chi connectivity index (χ3v) is 12.1. The van der Waals surface area contributed by atoms with Crippen LogP contribution in [0.15, 0.2) is 138 Å². The van der Waals surface area contributed by atoms with Gasteiger partial charge >= 0.3 is 0 Å². The van der Waals surface area contributed by atoms with Crippen LogP contribution >= 0.6 is 11.3 Å². The monoisotopic (exact) mass is 669 g/mol. The molecule has 12 rings (SSSR count). The van der Waals surface area contributed by atoms with E-state index >= 15 is 0 Å². The minimum absolute atomic E-state index is 0.688. The van der Waals surface area contributed by atoms with Crippen molar-refractivity contribution in [3.63, 3.8) is 0 Å². The summed E-state index contributed by atoms with van der Waals surface area (Å²) in [6, 6.07) is 45.6. The Morgan fingerprint density at radius 3 is 2.29 bits per heavy atom. The summed E-state index contributed by atoms with van der Waals surface area (Å²) in [5, 5.41) is 10.8. The summed E-state index contributed by atoms with van der Waals surface area (Å²) in [4.78, 5) is 11.1. The second kappa shape index (κ2) is 10.1. The first-order chi connectivity index (χ1) is 25.3. The van der Waals surface area contributed by atoms with E-state index in [1.165, 1.54) is 52.8 Å². The highest BCUT2D eigenvalue weighted by Crippen LogP contribution is 2.48. The highest BCUT2D eigenvalue weighted by Gasteiger charge is 2.25. The average Bonchev–Trinajstić information content (AvgIpc) is 3.87. The highest BCUT2D eigenvalue weighted by molar-refractivity contribution is 7.27. The van der Waals surface area contributed by atoms with E-state index in [0.29, 0.717) is 5.95 Å². The number of nitrogens with zero attached hydrogens (tertiary/aromatic N) is 3. The highest BCUT2D eigenvalue weighted by atomic mass is 32.1. The van der Waals surface area contributed by atoms with Crippen LogP contribution in [-0.2, 0) is 6.42 Å². The van der Waals surface area contributed by atoms with Crippen LogP contribution in [0.5, 0.6) is 0 Å². The Morgan fingerprint density at radius 1 is 0.608 bits per heavy atom. The number of thiophene rings is 1. The first kappa shape index (κ1) is 27.5. The minimum atomic E-state index is 0.688. The summed E-state index contributed by atoms with van der Waals surface area (Å²) >= 11 is 1.88. The fraction of sp³-hybridized carbons (Fsp3) is 0.0435. The molecule has 0 bridgehead atoms. The molecule has 11 aromatic rings. The van der Waals surface area contributed by atoms with Crippen molar-refractivity contribution >= 4 is 103 Å². The van der Waals surface area contributed by atoms with Crippen molar-refractivity contribution in [1.29, 1.82) is 0 Å². The van der Waals surface area contributed by atoms with Gasteiger partial charge in [-0.05, 0) is 66.4 Å². The quantitative estimate of drug-likeness (QED) is 0.184. The van der Waals surface area contributed by atoms with Gasteiger partial charge in [-0.2, -0.15) is 0 Å². The summed E-state index contributed by atoms with van der Waals surface area (Å²) in [6.07, 6.45) is 6.46. The van der Waals surface area contributed by atoms with E-state index in [4.69, 9.17) is 14.4 Å². The number of hydrogen-bond acceptors (Lipinski definition) is 4. The van der Waals surface area contributed by atoms with Gasteiger partial charge in [0.2, 0.25) is 5.95 Å². The van der Waals surface area contributed by atoms with E-state index in [0.717, 1.165) is 68.0 Å². The average molecular weight is 670 g/mol. The topological polar surface area (TPSA) is 43.9 Å². The van der Waals surface area contributed by atoms with Crippen molar-refractivity contribution < 1.29 is 4.42 Å². The summed E-state index contributed by atoms with van der Waals surface area (Å²) in [5.74, 6) is 0.688. The van der Waals surface area contributed by atoms with Gasteiger partial charge in [-0.25, -0.2) is 9.97 Å². The fourth-order valence-electron chi connectivity index (χ4n) is 8.63. The van der Waals surface area contributed by atoms with Gasteiger partial charge in [0.05, 0.1) is 22.2 Å². The van der Waals surface area contributed by atoms with Gasteiger partial charge in [0.15, 0.2) is 0 Å². The van der Waals surface area contributed by atoms with E-state index in [1.54, 1.807) is 0 Å². The molecule has 4 aromatic heterocycles. The van der Waals surface area contributed by atoms with Gasteiger partial charge in [0.25, 0.3) is 0 Å². The third-order valence-electron chi connectivity index (χ3n) is 10.9. The summed E-state index contributed by atoms with van der Waals surface area (Å²) in [6.45, 7) is 0. The molecule has 51 heavy (non-hydrogen) atoms. The third kappa shape index (κ3) is 3.73. The summed E-state index contributed by atoms with van der Waals surface area (Å²) in [5.41, 5.74) is 9.53. The molecule has 4 heterocycles. The van der Waals surface area contributed by atoms with E-state index in [9.17, 15) is 0 Å². The number of allylic oxidation sites excluding steroid dienone is 1. The Hall–Kier alpha value is -6.30. The van der Waals surface area contributed by atoms with Crippen LogP contribution in [-0.4, -0.2) is 14.5 Å². The van der Waals surface area contributed by atoms with Crippen LogP contribution < -0.4 is 0 Å². The number of aromatic nitrogens is 3. The van der Waals surface area contributed by atoms with E-state index in [2.05, 4.69) is 132 Å². The van der Waals surface area contributed by atoms with Crippen LogP contribution in [0.4, 0.5) is 0 Å². The van der Waals surface area contributed by atoms with Gasteiger partial charge in [-0.1, -0.05) is 97.1 Å². The van der Waals surface area contributed by atoms with Crippen molar-refractivity contribution in [2.75, 3.05) is 0 Å².